The SMILES string of the molecule is CC(=O)Cn1c(=O)c2c(nc3n2CCN3c2ccc(C)cc2C)n(C)c1=O. The van der Waals surface area contributed by atoms with Crippen molar-refractivity contribution in [3.8, 4) is 0 Å². The molecule has 0 fully saturated rings. The molecule has 1 aliphatic rings. The van der Waals surface area contributed by atoms with Gasteiger partial charge in [-0.05, 0) is 32.4 Å². The number of rotatable bonds is 3. The number of benzene rings is 1. The number of hydrogen-bond donors (Lipinski definition) is 0. The lowest BCUT2D eigenvalue weighted by Crippen LogP contribution is -2.41. The zero-order valence-electron chi connectivity index (χ0n) is 15.8. The number of carbonyl (C=O) groups excluding carboxylic acids is 1. The predicted octanol–water partition coefficient (Wildman–Crippen LogP) is 1.25. The molecule has 0 saturated carbocycles. The van der Waals surface area contributed by atoms with E-state index in [1.165, 1.54) is 17.1 Å². The first-order chi connectivity index (χ1) is 12.8. The first-order valence-electron chi connectivity index (χ1n) is 8.84. The predicted molar refractivity (Wildman–Crippen MR) is 103 cm³/mol. The van der Waals surface area contributed by atoms with Crippen molar-refractivity contribution < 1.29 is 4.79 Å². The molecule has 0 saturated heterocycles. The van der Waals surface area contributed by atoms with Crippen LogP contribution in [0.3, 0.4) is 0 Å². The summed E-state index contributed by atoms with van der Waals surface area (Å²) in [5, 5.41) is 0. The molecule has 0 bridgehead atoms. The van der Waals surface area contributed by atoms with Crippen LogP contribution in [-0.4, -0.2) is 31.0 Å². The number of Topliss-reactive ketones (excluding diaryl/α,β-unsaturated/α-hetero) is 1. The van der Waals surface area contributed by atoms with Crippen molar-refractivity contribution in [2.24, 2.45) is 7.05 Å². The van der Waals surface area contributed by atoms with E-state index in [1.807, 2.05) is 30.5 Å². The van der Waals surface area contributed by atoms with E-state index in [0.29, 0.717) is 30.2 Å². The van der Waals surface area contributed by atoms with Crippen molar-refractivity contribution >= 4 is 28.6 Å². The van der Waals surface area contributed by atoms with Crippen molar-refractivity contribution in [2.75, 3.05) is 11.4 Å². The Labute approximate surface area is 155 Å². The zero-order valence-corrected chi connectivity index (χ0v) is 15.8. The highest BCUT2D eigenvalue weighted by Crippen LogP contribution is 2.33. The number of nitrogens with zero attached hydrogens (tertiary/aromatic N) is 5. The molecule has 0 aliphatic carbocycles. The van der Waals surface area contributed by atoms with Crippen LogP contribution in [0.5, 0.6) is 0 Å². The van der Waals surface area contributed by atoms with Crippen molar-refractivity contribution in [2.45, 2.75) is 33.9 Å². The van der Waals surface area contributed by atoms with Crippen LogP contribution in [0.1, 0.15) is 18.1 Å². The van der Waals surface area contributed by atoms with Gasteiger partial charge in [0.05, 0.1) is 6.54 Å². The minimum Gasteiger partial charge on any atom is -0.310 e. The maximum absolute atomic E-state index is 12.9. The van der Waals surface area contributed by atoms with Gasteiger partial charge in [-0.2, -0.15) is 4.98 Å². The molecule has 0 radical (unpaired) electrons. The van der Waals surface area contributed by atoms with E-state index in [2.05, 4.69) is 16.0 Å². The number of imidazole rings is 1. The number of aryl methyl sites for hydroxylation is 3. The third-order valence-corrected chi connectivity index (χ3v) is 5.02. The quantitative estimate of drug-likeness (QED) is 0.696. The second kappa shape index (κ2) is 5.94. The summed E-state index contributed by atoms with van der Waals surface area (Å²) in [6.45, 7) is 6.50. The molecule has 1 aliphatic heterocycles. The van der Waals surface area contributed by atoms with Crippen LogP contribution in [0.2, 0.25) is 0 Å². The Morgan fingerprint density at radius 2 is 1.93 bits per heavy atom. The fraction of sp³-hybridized carbons (Fsp3) is 0.368. The van der Waals surface area contributed by atoms with E-state index < -0.39 is 11.2 Å². The van der Waals surface area contributed by atoms with E-state index in [1.54, 1.807) is 7.05 Å². The highest BCUT2D eigenvalue weighted by Gasteiger charge is 2.29. The van der Waals surface area contributed by atoms with Gasteiger partial charge in [0.2, 0.25) is 5.95 Å². The topological polar surface area (TPSA) is 82.1 Å². The molecule has 0 atom stereocenters. The average molecular weight is 367 g/mol. The minimum atomic E-state index is -0.530. The molecule has 3 aromatic rings. The van der Waals surface area contributed by atoms with E-state index in [9.17, 15) is 14.4 Å². The van der Waals surface area contributed by atoms with Crippen molar-refractivity contribution in [3.63, 3.8) is 0 Å². The van der Waals surface area contributed by atoms with E-state index in [4.69, 9.17) is 0 Å². The van der Waals surface area contributed by atoms with Crippen molar-refractivity contribution in [1.29, 1.82) is 0 Å². The normalized spacial score (nSPS) is 13.4. The van der Waals surface area contributed by atoms with Gasteiger partial charge in [-0.15, -0.1) is 0 Å². The van der Waals surface area contributed by atoms with E-state index >= 15 is 0 Å². The highest BCUT2D eigenvalue weighted by molar-refractivity contribution is 5.79. The molecular weight excluding hydrogens is 346 g/mol. The largest absolute Gasteiger partial charge is 0.332 e. The number of ketones is 1. The zero-order chi connectivity index (χ0) is 19.5. The van der Waals surface area contributed by atoms with Gasteiger partial charge >= 0.3 is 5.69 Å². The number of carbonyl (C=O) groups is 1. The van der Waals surface area contributed by atoms with Gasteiger partial charge in [0.15, 0.2) is 11.2 Å². The third-order valence-electron chi connectivity index (χ3n) is 5.02. The first kappa shape index (κ1) is 17.3. The standard InChI is InChI=1S/C19H21N5O3/c1-11-5-6-14(12(2)9-11)22-7-8-23-15-16(20-18(22)23)21(4)19(27)24(17(15)26)10-13(3)25/h5-6,9H,7-8,10H2,1-4H3. The molecule has 4 rings (SSSR count). The highest BCUT2D eigenvalue weighted by atomic mass is 16.2. The van der Waals surface area contributed by atoms with Crippen LogP contribution < -0.4 is 16.1 Å². The number of anilines is 2. The van der Waals surface area contributed by atoms with Gasteiger partial charge in [0, 0.05) is 25.8 Å². The van der Waals surface area contributed by atoms with E-state index in [0.717, 1.165) is 15.8 Å². The maximum atomic E-state index is 12.9. The van der Waals surface area contributed by atoms with Crippen molar-refractivity contribution in [1.82, 2.24) is 18.7 Å². The lowest BCUT2D eigenvalue weighted by Gasteiger charge is -2.19. The molecule has 1 aromatic carbocycles. The molecule has 8 heteroatoms. The molecule has 3 heterocycles. The van der Waals surface area contributed by atoms with Crippen LogP contribution >= 0.6 is 0 Å². The summed E-state index contributed by atoms with van der Waals surface area (Å²) < 4.78 is 4.16. The van der Waals surface area contributed by atoms with Crippen molar-refractivity contribution in [3.05, 3.63) is 50.2 Å². The van der Waals surface area contributed by atoms with Gasteiger partial charge in [0.25, 0.3) is 5.56 Å². The van der Waals surface area contributed by atoms with Gasteiger partial charge < -0.3 is 9.47 Å². The fourth-order valence-electron chi connectivity index (χ4n) is 3.78. The second-order valence-corrected chi connectivity index (χ2v) is 7.11. The minimum absolute atomic E-state index is 0.233. The van der Waals surface area contributed by atoms with Gasteiger partial charge in [0.1, 0.15) is 5.78 Å². The molecule has 0 N–H and O–H groups in total. The van der Waals surface area contributed by atoms with Gasteiger partial charge in [-0.3, -0.25) is 18.7 Å². The summed E-state index contributed by atoms with van der Waals surface area (Å²) >= 11 is 0. The molecule has 0 spiro atoms. The molecule has 140 valence electrons. The Morgan fingerprint density at radius 1 is 1.19 bits per heavy atom. The Hall–Kier alpha value is -3.16. The van der Waals surface area contributed by atoms with Crippen LogP contribution in [-0.2, 0) is 24.9 Å². The molecule has 0 unspecified atom stereocenters. The second-order valence-electron chi connectivity index (χ2n) is 7.11. The lowest BCUT2D eigenvalue weighted by molar-refractivity contribution is -0.117. The van der Waals surface area contributed by atoms with Crippen LogP contribution in [0.25, 0.3) is 11.2 Å². The Kier molecular flexibility index (Phi) is 3.80. The number of aromatic nitrogens is 4. The summed E-state index contributed by atoms with van der Waals surface area (Å²) in [4.78, 5) is 43.6. The summed E-state index contributed by atoms with van der Waals surface area (Å²) in [6, 6.07) is 6.20. The first-order valence-corrected chi connectivity index (χ1v) is 8.84. The molecule has 0 amide bonds. The summed E-state index contributed by atoms with van der Waals surface area (Å²) in [5.74, 6) is 0.399. The fourth-order valence-corrected chi connectivity index (χ4v) is 3.78. The Balaban J connectivity index is 1.96. The van der Waals surface area contributed by atoms with E-state index in [-0.39, 0.29) is 12.3 Å². The average Bonchev–Trinajstić information content (AvgIpc) is 3.16. The Morgan fingerprint density at radius 3 is 2.59 bits per heavy atom. The van der Waals surface area contributed by atoms with Crippen LogP contribution in [0, 0.1) is 13.8 Å². The summed E-state index contributed by atoms with van der Waals surface area (Å²) in [5.41, 5.74) is 3.04. The lowest BCUT2D eigenvalue weighted by atomic mass is 10.1. The Bertz CT molecular complexity index is 1210. The number of hydrogen-bond acceptors (Lipinski definition) is 5. The molecule has 27 heavy (non-hydrogen) atoms. The van der Waals surface area contributed by atoms with Crippen LogP contribution in [0.4, 0.5) is 11.6 Å². The number of fused-ring (bicyclic) bond motifs is 3. The molecular formula is C19H21N5O3. The van der Waals surface area contributed by atoms with Crippen LogP contribution in [0.15, 0.2) is 27.8 Å². The monoisotopic (exact) mass is 367 g/mol. The summed E-state index contributed by atoms with van der Waals surface area (Å²) in [6.07, 6.45) is 0. The van der Waals surface area contributed by atoms with Gasteiger partial charge in [-0.1, -0.05) is 17.7 Å². The molecule has 8 nitrogen and oxygen atoms in total. The third kappa shape index (κ3) is 2.51. The maximum Gasteiger partial charge on any atom is 0.332 e. The summed E-state index contributed by atoms with van der Waals surface area (Å²) in [7, 11) is 1.57. The van der Waals surface area contributed by atoms with Gasteiger partial charge in [-0.25, -0.2) is 4.79 Å². The smallest absolute Gasteiger partial charge is 0.310 e. The molecule has 2 aromatic heterocycles.